The molecular weight excluding hydrogens is 310 g/mol. The van der Waals surface area contributed by atoms with E-state index in [4.69, 9.17) is 0 Å². The molecule has 0 aliphatic carbocycles. The maximum Gasteiger partial charge on any atom is 0.272 e. The highest BCUT2D eigenvalue weighted by Gasteiger charge is 2.23. The topological polar surface area (TPSA) is 36.4 Å². The molecule has 0 radical (unpaired) electrons. The number of benzene rings is 1. The predicted octanol–water partition coefficient (Wildman–Crippen LogP) is 3.98. The summed E-state index contributed by atoms with van der Waals surface area (Å²) in [4.78, 5) is 21.4. The van der Waals surface area contributed by atoms with Gasteiger partial charge >= 0.3 is 0 Å². The fraction of sp³-hybridized carbons (Fsp3) is 0.429. The van der Waals surface area contributed by atoms with Crippen molar-refractivity contribution >= 4 is 11.6 Å². The van der Waals surface area contributed by atoms with Crippen molar-refractivity contribution < 1.29 is 4.79 Å². The fourth-order valence-electron chi connectivity index (χ4n) is 3.46. The molecule has 25 heavy (non-hydrogen) atoms. The van der Waals surface area contributed by atoms with Gasteiger partial charge in [0.1, 0.15) is 5.69 Å². The van der Waals surface area contributed by atoms with E-state index >= 15 is 0 Å². The van der Waals surface area contributed by atoms with Crippen LogP contribution in [0.15, 0.2) is 48.7 Å². The second-order valence-electron chi connectivity index (χ2n) is 6.90. The van der Waals surface area contributed by atoms with Crippen molar-refractivity contribution in [1.82, 2.24) is 9.88 Å². The van der Waals surface area contributed by atoms with Gasteiger partial charge in [0.25, 0.3) is 5.91 Å². The van der Waals surface area contributed by atoms with E-state index in [0.29, 0.717) is 11.6 Å². The van der Waals surface area contributed by atoms with Gasteiger partial charge in [0.15, 0.2) is 0 Å². The molecule has 4 nitrogen and oxygen atoms in total. The predicted molar refractivity (Wildman–Crippen MR) is 102 cm³/mol. The van der Waals surface area contributed by atoms with Crippen LogP contribution in [-0.4, -0.2) is 35.4 Å². The van der Waals surface area contributed by atoms with Crippen molar-refractivity contribution in [2.75, 3.05) is 24.5 Å². The number of hydrogen-bond donors (Lipinski definition) is 0. The number of nitrogens with zero attached hydrogens (tertiary/aromatic N) is 3. The minimum atomic E-state index is 0.0594. The van der Waals surface area contributed by atoms with Crippen LogP contribution in [0.3, 0.4) is 0 Å². The Morgan fingerprint density at radius 2 is 2.08 bits per heavy atom. The van der Waals surface area contributed by atoms with E-state index in [1.54, 1.807) is 6.20 Å². The van der Waals surface area contributed by atoms with Crippen molar-refractivity contribution in [2.24, 2.45) is 5.92 Å². The SMILES string of the molecule is CCN(Cc1ccccc1)c1ccnc(C(=O)N2CCCC(C)C2)c1. The fourth-order valence-corrected chi connectivity index (χ4v) is 3.46. The molecule has 0 saturated carbocycles. The average molecular weight is 337 g/mol. The Morgan fingerprint density at radius 3 is 2.80 bits per heavy atom. The van der Waals surface area contributed by atoms with Crippen molar-refractivity contribution in [2.45, 2.75) is 33.2 Å². The second kappa shape index (κ2) is 8.15. The molecule has 132 valence electrons. The summed E-state index contributed by atoms with van der Waals surface area (Å²) in [6.07, 6.45) is 4.04. The van der Waals surface area contributed by atoms with Crippen LogP contribution in [-0.2, 0) is 6.54 Å². The summed E-state index contributed by atoms with van der Waals surface area (Å²) in [5.74, 6) is 0.635. The molecular formula is C21H27N3O. The molecule has 1 amide bonds. The lowest BCUT2D eigenvalue weighted by Crippen LogP contribution is -2.39. The number of carbonyl (C=O) groups excluding carboxylic acids is 1. The lowest BCUT2D eigenvalue weighted by atomic mass is 10.00. The van der Waals surface area contributed by atoms with E-state index in [-0.39, 0.29) is 5.91 Å². The smallest absolute Gasteiger partial charge is 0.272 e. The zero-order valence-corrected chi connectivity index (χ0v) is 15.2. The Bertz CT molecular complexity index is 701. The summed E-state index contributed by atoms with van der Waals surface area (Å²) < 4.78 is 0. The number of pyridine rings is 1. The zero-order valence-electron chi connectivity index (χ0n) is 15.2. The summed E-state index contributed by atoms with van der Waals surface area (Å²) in [6, 6.07) is 14.3. The highest BCUT2D eigenvalue weighted by Crippen LogP contribution is 2.21. The van der Waals surface area contributed by atoms with E-state index in [2.05, 4.69) is 48.0 Å². The van der Waals surface area contributed by atoms with Gasteiger partial charge in [0.05, 0.1) is 0 Å². The van der Waals surface area contributed by atoms with Gasteiger partial charge in [-0.05, 0) is 43.4 Å². The van der Waals surface area contributed by atoms with E-state index in [9.17, 15) is 4.79 Å². The first-order chi connectivity index (χ1) is 12.2. The second-order valence-corrected chi connectivity index (χ2v) is 6.90. The number of likely N-dealkylation sites (tertiary alicyclic amines) is 1. The summed E-state index contributed by atoms with van der Waals surface area (Å²) in [6.45, 7) is 7.74. The molecule has 4 heteroatoms. The third-order valence-electron chi connectivity index (χ3n) is 4.87. The molecule has 1 aromatic carbocycles. The first kappa shape index (κ1) is 17.5. The first-order valence-electron chi connectivity index (χ1n) is 9.21. The van der Waals surface area contributed by atoms with E-state index in [1.165, 1.54) is 12.0 Å². The van der Waals surface area contributed by atoms with Crippen molar-refractivity contribution in [1.29, 1.82) is 0 Å². The van der Waals surface area contributed by atoms with Gasteiger partial charge in [0, 0.05) is 38.1 Å². The Morgan fingerprint density at radius 1 is 1.28 bits per heavy atom. The maximum absolute atomic E-state index is 12.8. The minimum absolute atomic E-state index is 0.0594. The van der Waals surface area contributed by atoms with Gasteiger partial charge in [-0.15, -0.1) is 0 Å². The molecule has 1 aromatic heterocycles. The van der Waals surface area contributed by atoms with Crippen molar-refractivity contribution in [3.05, 3.63) is 59.9 Å². The van der Waals surface area contributed by atoms with Crippen LogP contribution in [0.5, 0.6) is 0 Å². The molecule has 3 rings (SSSR count). The molecule has 0 bridgehead atoms. The molecule has 0 spiro atoms. The quantitative estimate of drug-likeness (QED) is 0.828. The number of anilines is 1. The number of rotatable bonds is 5. The normalized spacial score (nSPS) is 17.4. The zero-order chi connectivity index (χ0) is 17.6. The van der Waals surface area contributed by atoms with E-state index in [1.807, 2.05) is 23.1 Å². The molecule has 1 aliphatic rings. The molecule has 1 fully saturated rings. The molecule has 1 atom stereocenters. The van der Waals surface area contributed by atoms with E-state index in [0.717, 1.165) is 38.3 Å². The summed E-state index contributed by atoms with van der Waals surface area (Å²) in [7, 11) is 0. The minimum Gasteiger partial charge on any atom is -0.367 e. The molecule has 1 aliphatic heterocycles. The van der Waals surface area contributed by atoms with Crippen LogP contribution in [0.4, 0.5) is 5.69 Å². The van der Waals surface area contributed by atoms with Crippen LogP contribution in [0.2, 0.25) is 0 Å². The van der Waals surface area contributed by atoms with Crippen LogP contribution in [0.1, 0.15) is 42.7 Å². The van der Waals surface area contributed by atoms with Crippen molar-refractivity contribution in [3.8, 4) is 0 Å². The number of hydrogen-bond acceptors (Lipinski definition) is 3. The van der Waals surface area contributed by atoms with Crippen LogP contribution >= 0.6 is 0 Å². The number of amides is 1. The Balaban J connectivity index is 1.76. The van der Waals surface area contributed by atoms with Gasteiger partial charge in [-0.1, -0.05) is 37.3 Å². The summed E-state index contributed by atoms with van der Waals surface area (Å²) in [5.41, 5.74) is 2.87. The third kappa shape index (κ3) is 4.38. The van der Waals surface area contributed by atoms with Gasteiger partial charge in [-0.25, -0.2) is 0 Å². The Labute approximate surface area is 150 Å². The highest BCUT2D eigenvalue weighted by molar-refractivity contribution is 5.93. The largest absolute Gasteiger partial charge is 0.367 e. The Hall–Kier alpha value is -2.36. The van der Waals surface area contributed by atoms with E-state index < -0.39 is 0 Å². The lowest BCUT2D eigenvalue weighted by Gasteiger charge is -2.31. The molecule has 2 aromatic rings. The van der Waals surface area contributed by atoms with Crippen molar-refractivity contribution in [3.63, 3.8) is 0 Å². The average Bonchev–Trinajstić information content (AvgIpc) is 2.66. The van der Waals surface area contributed by atoms with Gasteiger partial charge in [-0.2, -0.15) is 0 Å². The Kier molecular flexibility index (Phi) is 5.69. The molecule has 2 heterocycles. The number of carbonyl (C=O) groups is 1. The molecule has 0 N–H and O–H groups in total. The van der Waals surface area contributed by atoms with Crippen LogP contribution in [0, 0.1) is 5.92 Å². The van der Waals surface area contributed by atoms with Gasteiger partial charge in [0.2, 0.25) is 0 Å². The summed E-state index contributed by atoms with van der Waals surface area (Å²) >= 11 is 0. The van der Waals surface area contributed by atoms with Gasteiger partial charge in [-0.3, -0.25) is 9.78 Å². The molecule has 1 saturated heterocycles. The van der Waals surface area contributed by atoms with Crippen LogP contribution < -0.4 is 4.90 Å². The first-order valence-corrected chi connectivity index (χ1v) is 9.21. The highest BCUT2D eigenvalue weighted by atomic mass is 16.2. The van der Waals surface area contributed by atoms with Gasteiger partial charge < -0.3 is 9.80 Å². The number of piperidine rings is 1. The monoisotopic (exact) mass is 337 g/mol. The summed E-state index contributed by atoms with van der Waals surface area (Å²) in [5, 5.41) is 0. The third-order valence-corrected chi connectivity index (χ3v) is 4.87. The van der Waals surface area contributed by atoms with Crippen LogP contribution in [0.25, 0.3) is 0 Å². The standard InChI is InChI=1S/C21H27N3O/c1-3-23(16-18-9-5-4-6-10-18)19-11-12-22-20(14-19)21(25)24-13-7-8-17(2)15-24/h4-6,9-12,14,17H,3,7-8,13,15-16H2,1-2H3. The maximum atomic E-state index is 12.8. The number of aromatic nitrogens is 1. The molecule has 1 unspecified atom stereocenters. The lowest BCUT2D eigenvalue weighted by molar-refractivity contribution is 0.0677.